The number of benzene rings is 3. The van der Waals surface area contributed by atoms with Gasteiger partial charge in [-0.25, -0.2) is 0 Å². The highest BCUT2D eigenvalue weighted by molar-refractivity contribution is 7.07. The van der Waals surface area contributed by atoms with Gasteiger partial charge in [0.1, 0.15) is 0 Å². The van der Waals surface area contributed by atoms with Crippen LogP contribution in [0.25, 0.3) is 0 Å². The van der Waals surface area contributed by atoms with Crippen molar-refractivity contribution in [2.24, 2.45) is 5.16 Å². The summed E-state index contributed by atoms with van der Waals surface area (Å²) in [4.78, 5) is 0. The lowest BCUT2D eigenvalue weighted by Crippen LogP contribution is -2.68. The van der Waals surface area contributed by atoms with E-state index in [2.05, 4.69) is 84.0 Å². The molecule has 3 aromatic rings. The molecule has 0 bridgehead atoms. The fraction of sp³-hybridized carbons (Fsp3) is 0.286. The van der Waals surface area contributed by atoms with E-state index < -0.39 is 8.32 Å². The number of hydrogen-bond donors (Lipinski definition) is 0. The monoisotopic (exact) mass is 440 g/mol. The Morgan fingerprint density at radius 1 is 0.656 bits per heavy atom. The molecule has 0 saturated heterocycles. The summed E-state index contributed by atoms with van der Waals surface area (Å²) in [5.41, 5.74) is 0. The zero-order valence-corrected chi connectivity index (χ0v) is 19.7. The van der Waals surface area contributed by atoms with Crippen LogP contribution in [0.4, 0.5) is 0 Å². The number of unbranched alkanes of at least 4 members (excludes halogenated alkanes) is 7. The molecule has 0 spiro atoms. The average Bonchev–Trinajstić information content (AvgIpc) is 2.87. The van der Waals surface area contributed by atoms with E-state index in [1.807, 2.05) is 24.4 Å². The molecule has 0 heterocycles. The largest absolute Gasteiger partial charge is 0.438 e. The van der Waals surface area contributed by atoms with Crippen molar-refractivity contribution >= 4 is 30.1 Å². The van der Waals surface area contributed by atoms with Crippen LogP contribution in [0.2, 0.25) is 0 Å². The van der Waals surface area contributed by atoms with Gasteiger partial charge in [0, 0.05) is 12.6 Å². The van der Waals surface area contributed by atoms with Crippen molar-refractivity contribution in [1.29, 1.82) is 5.26 Å². The van der Waals surface area contributed by atoms with Crippen molar-refractivity contribution in [3.63, 3.8) is 0 Å². The number of hydrogen-bond acceptors (Lipinski definition) is 3. The Bertz CT molecular complexity index is 872. The molecule has 0 aliphatic carbocycles. The predicted octanol–water partition coefficient (Wildman–Crippen LogP) is 5.30. The van der Waals surface area contributed by atoms with Crippen LogP contribution in [0.5, 0.6) is 0 Å². The Morgan fingerprint density at radius 3 is 1.56 bits per heavy atom. The van der Waals surface area contributed by atoms with E-state index in [0.29, 0.717) is 6.42 Å². The molecular weight excluding hydrogens is 408 g/mol. The van der Waals surface area contributed by atoms with Crippen LogP contribution < -0.4 is 15.6 Å². The van der Waals surface area contributed by atoms with E-state index in [1.165, 1.54) is 34.8 Å². The number of rotatable bonds is 13. The lowest BCUT2D eigenvalue weighted by atomic mass is 10.1. The Hall–Kier alpha value is -3.16. The quantitative estimate of drug-likeness (QED) is 0.119. The third kappa shape index (κ3) is 6.42. The molecule has 0 saturated carbocycles. The van der Waals surface area contributed by atoms with Crippen molar-refractivity contribution < 1.29 is 4.53 Å². The standard InChI is InChI=1S/C28H32N2OSi/c29-24-16-5-3-1-2-4-6-17-25-30-31-32(26-18-10-7-11-19-26,27-20-12-8-13-21-27)28-22-14-9-15-23-28/h7-15,18-23,25H,1-6,16-17H2. The molecule has 3 nitrogen and oxygen atoms in total. The van der Waals surface area contributed by atoms with E-state index in [0.717, 1.165) is 25.7 Å². The zero-order chi connectivity index (χ0) is 22.3. The predicted molar refractivity (Wildman–Crippen MR) is 136 cm³/mol. The normalized spacial score (nSPS) is 11.3. The maximum atomic E-state index is 8.59. The van der Waals surface area contributed by atoms with Gasteiger partial charge < -0.3 is 4.53 Å². The highest BCUT2D eigenvalue weighted by atomic mass is 28.4. The third-order valence-electron chi connectivity index (χ3n) is 5.68. The Labute approximate surface area is 193 Å². The molecule has 0 atom stereocenters. The lowest BCUT2D eigenvalue weighted by molar-refractivity contribution is 0.350. The van der Waals surface area contributed by atoms with Crippen molar-refractivity contribution in [3.05, 3.63) is 91.0 Å². The van der Waals surface area contributed by atoms with Gasteiger partial charge in [0.25, 0.3) is 0 Å². The molecule has 0 aliphatic heterocycles. The van der Waals surface area contributed by atoms with Gasteiger partial charge in [-0.15, -0.1) is 5.16 Å². The van der Waals surface area contributed by atoms with Crippen LogP contribution in [0.3, 0.4) is 0 Å². The summed E-state index contributed by atoms with van der Waals surface area (Å²) in [6, 6.07) is 33.8. The van der Waals surface area contributed by atoms with Crippen LogP contribution in [0.1, 0.15) is 51.4 Å². The first-order chi connectivity index (χ1) is 15.9. The summed E-state index contributed by atoms with van der Waals surface area (Å²) in [5.74, 6) is 0. The zero-order valence-electron chi connectivity index (χ0n) is 18.7. The SMILES string of the molecule is N#CCCCCCCCCC=NO[Si](c1ccccc1)(c1ccccc1)c1ccccc1. The summed E-state index contributed by atoms with van der Waals surface area (Å²) < 4.78 is 6.54. The highest BCUT2D eigenvalue weighted by Gasteiger charge is 2.44. The summed E-state index contributed by atoms with van der Waals surface area (Å²) in [7, 11) is -2.74. The molecular formula is C28H32N2OSi. The Kier molecular flexibility index (Phi) is 9.76. The molecule has 3 rings (SSSR count). The molecule has 164 valence electrons. The molecule has 0 aromatic heterocycles. The van der Waals surface area contributed by atoms with Crippen LogP contribution in [0, 0.1) is 11.3 Å². The molecule has 0 N–H and O–H groups in total. The Morgan fingerprint density at radius 2 is 1.09 bits per heavy atom. The molecule has 0 amide bonds. The maximum Gasteiger partial charge on any atom is 0.380 e. The Balaban J connectivity index is 1.72. The van der Waals surface area contributed by atoms with E-state index in [-0.39, 0.29) is 0 Å². The van der Waals surface area contributed by atoms with Crippen molar-refractivity contribution in [1.82, 2.24) is 0 Å². The topological polar surface area (TPSA) is 45.4 Å². The van der Waals surface area contributed by atoms with Gasteiger partial charge in [-0.1, -0.05) is 117 Å². The number of oxime groups is 1. The van der Waals surface area contributed by atoms with Crippen molar-refractivity contribution in [3.8, 4) is 6.07 Å². The number of nitrogens with zero attached hydrogens (tertiary/aromatic N) is 2. The van der Waals surface area contributed by atoms with Crippen LogP contribution >= 0.6 is 0 Å². The van der Waals surface area contributed by atoms with E-state index in [9.17, 15) is 0 Å². The van der Waals surface area contributed by atoms with Gasteiger partial charge in [0.2, 0.25) is 0 Å². The minimum Gasteiger partial charge on any atom is -0.438 e. The fourth-order valence-corrected chi connectivity index (χ4v) is 7.53. The second-order valence-electron chi connectivity index (χ2n) is 7.98. The smallest absolute Gasteiger partial charge is 0.380 e. The number of nitriles is 1. The van der Waals surface area contributed by atoms with Gasteiger partial charge in [0.05, 0.1) is 6.07 Å². The lowest BCUT2D eigenvalue weighted by Gasteiger charge is -2.30. The van der Waals surface area contributed by atoms with E-state index in [1.54, 1.807) is 0 Å². The van der Waals surface area contributed by atoms with Crippen LogP contribution in [-0.2, 0) is 4.53 Å². The molecule has 0 radical (unpaired) electrons. The van der Waals surface area contributed by atoms with Crippen molar-refractivity contribution in [2.75, 3.05) is 0 Å². The minimum atomic E-state index is -2.74. The fourth-order valence-electron chi connectivity index (χ4n) is 3.99. The second kappa shape index (κ2) is 13.3. The minimum absolute atomic E-state index is 0.680. The third-order valence-corrected chi connectivity index (χ3v) is 9.50. The van der Waals surface area contributed by atoms with Crippen LogP contribution in [0.15, 0.2) is 96.2 Å². The van der Waals surface area contributed by atoms with Gasteiger partial charge in [-0.05, 0) is 34.8 Å². The van der Waals surface area contributed by atoms with Gasteiger partial charge >= 0.3 is 8.32 Å². The summed E-state index contributed by atoms with van der Waals surface area (Å²) >= 11 is 0. The average molecular weight is 441 g/mol. The molecule has 4 heteroatoms. The van der Waals surface area contributed by atoms with Crippen molar-refractivity contribution in [2.45, 2.75) is 51.4 Å². The van der Waals surface area contributed by atoms with E-state index >= 15 is 0 Å². The molecule has 32 heavy (non-hydrogen) atoms. The molecule has 3 aromatic carbocycles. The van der Waals surface area contributed by atoms with Gasteiger partial charge in [0.15, 0.2) is 0 Å². The molecule has 0 unspecified atom stereocenters. The first kappa shape index (κ1) is 23.5. The summed E-state index contributed by atoms with van der Waals surface area (Å²) in [6.07, 6.45) is 10.4. The second-order valence-corrected chi connectivity index (χ2v) is 11.3. The highest BCUT2D eigenvalue weighted by Crippen LogP contribution is 2.11. The first-order valence-corrected chi connectivity index (χ1v) is 13.5. The summed E-state index contributed by atoms with van der Waals surface area (Å²) in [5, 5.41) is 16.7. The summed E-state index contributed by atoms with van der Waals surface area (Å²) in [6.45, 7) is 0. The first-order valence-electron chi connectivity index (χ1n) is 11.6. The molecule has 0 aliphatic rings. The van der Waals surface area contributed by atoms with Crippen LogP contribution in [-0.4, -0.2) is 14.5 Å². The van der Waals surface area contributed by atoms with E-state index in [4.69, 9.17) is 9.79 Å². The molecule has 0 fully saturated rings. The maximum absolute atomic E-state index is 8.59. The van der Waals surface area contributed by atoms with Gasteiger partial charge in [-0.2, -0.15) is 5.26 Å². The van der Waals surface area contributed by atoms with Gasteiger partial charge in [-0.3, -0.25) is 0 Å².